The molecule has 1 amide bonds. The van der Waals surface area contributed by atoms with Crippen LogP contribution in [0.2, 0.25) is 0 Å². The minimum atomic E-state index is -4.60. The number of aliphatic hydroxyl groups is 1. The highest BCUT2D eigenvalue weighted by Crippen LogP contribution is 2.28. The number of anilines is 1. The van der Waals surface area contributed by atoms with Gasteiger partial charge in [0.05, 0.1) is 6.42 Å². The van der Waals surface area contributed by atoms with Gasteiger partial charge in [-0.2, -0.15) is 13.2 Å². The number of amides is 1. The maximum atomic E-state index is 12.1. The van der Waals surface area contributed by atoms with Crippen LogP contribution < -0.4 is 5.32 Å². The second kappa shape index (κ2) is 4.75. The molecule has 1 atom stereocenters. The van der Waals surface area contributed by atoms with E-state index in [1.807, 2.05) is 0 Å². The number of para-hydroxylation sites is 1. The average Bonchev–Trinajstić information content (AvgIpc) is 2.15. The van der Waals surface area contributed by atoms with E-state index in [1.165, 1.54) is 12.1 Å². The smallest absolute Gasteiger partial charge is 0.380 e. The van der Waals surface area contributed by atoms with Crippen LogP contribution in [-0.4, -0.2) is 22.8 Å². The Hall–Kier alpha value is -1.56. The van der Waals surface area contributed by atoms with E-state index < -0.39 is 24.1 Å². The summed E-state index contributed by atoms with van der Waals surface area (Å²) in [7, 11) is 0. The molecule has 0 saturated heterocycles. The molecule has 0 spiro atoms. The molecular weight excluding hydrogens is 235 g/mol. The predicted molar refractivity (Wildman–Crippen MR) is 56.4 cm³/mol. The molecule has 0 saturated carbocycles. The first-order valence-electron chi connectivity index (χ1n) is 4.86. The van der Waals surface area contributed by atoms with Gasteiger partial charge in [-0.15, -0.1) is 0 Å². The highest BCUT2D eigenvalue weighted by molar-refractivity contribution is 5.96. The first-order chi connectivity index (χ1) is 7.71. The van der Waals surface area contributed by atoms with Crippen LogP contribution in [0.4, 0.5) is 18.9 Å². The Bertz CT molecular complexity index is 387. The van der Waals surface area contributed by atoms with Crippen molar-refractivity contribution < 1.29 is 23.1 Å². The van der Waals surface area contributed by atoms with Crippen molar-refractivity contribution in [1.82, 2.24) is 0 Å². The molecule has 1 rings (SSSR count). The van der Waals surface area contributed by atoms with Crippen molar-refractivity contribution in [3.05, 3.63) is 30.3 Å². The molecule has 0 fully saturated rings. The van der Waals surface area contributed by atoms with E-state index in [0.29, 0.717) is 5.69 Å². The third-order valence-corrected chi connectivity index (χ3v) is 2.07. The summed E-state index contributed by atoms with van der Waals surface area (Å²) in [5, 5.41) is 11.7. The van der Waals surface area contributed by atoms with Crippen molar-refractivity contribution >= 4 is 11.6 Å². The molecule has 0 aliphatic rings. The maximum absolute atomic E-state index is 12.1. The Morgan fingerprint density at radius 2 is 1.82 bits per heavy atom. The summed E-state index contributed by atoms with van der Waals surface area (Å²) in [5.41, 5.74) is -2.14. The number of carbonyl (C=O) groups excluding carboxylic acids is 1. The molecule has 1 aromatic rings. The number of nitrogens with one attached hydrogen (secondary N) is 1. The van der Waals surface area contributed by atoms with E-state index in [2.05, 4.69) is 5.32 Å². The number of rotatable bonds is 3. The number of benzene rings is 1. The Morgan fingerprint density at radius 3 is 2.29 bits per heavy atom. The maximum Gasteiger partial charge on any atom is 0.392 e. The SMILES string of the molecule is CC(O)(CC(F)(F)F)C(=O)Nc1ccccc1. The van der Waals surface area contributed by atoms with E-state index >= 15 is 0 Å². The Kier molecular flexibility index (Phi) is 3.77. The standard InChI is InChI=1S/C11H12F3NO2/c1-10(17,7-11(12,13)14)9(16)15-8-5-3-2-4-6-8/h2-6,17H,7H2,1H3,(H,15,16). The lowest BCUT2D eigenvalue weighted by Gasteiger charge is -2.23. The van der Waals surface area contributed by atoms with E-state index in [4.69, 9.17) is 0 Å². The van der Waals surface area contributed by atoms with Gasteiger partial charge in [-0.1, -0.05) is 18.2 Å². The lowest BCUT2D eigenvalue weighted by atomic mass is 10.0. The number of hydrogen-bond acceptors (Lipinski definition) is 2. The Labute approximate surface area is 96.3 Å². The van der Waals surface area contributed by atoms with Gasteiger partial charge in [-0.05, 0) is 19.1 Å². The Morgan fingerprint density at radius 1 is 1.29 bits per heavy atom. The number of hydrogen-bond donors (Lipinski definition) is 2. The van der Waals surface area contributed by atoms with Crippen LogP contribution in [0.15, 0.2) is 30.3 Å². The van der Waals surface area contributed by atoms with E-state index in [9.17, 15) is 23.1 Å². The van der Waals surface area contributed by atoms with E-state index in [0.717, 1.165) is 6.92 Å². The van der Waals surface area contributed by atoms with E-state index in [-0.39, 0.29) is 0 Å². The molecule has 2 N–H and O–H groups in total. The van der Waals surface area contributed by atoms with Crippen LogP contribution in [0.25, 0.3) is 0 Å². The average molecular weight is 247 g/mol. The monoisotopic (exact) mass is 247 g/mol. The quantitative estimate of drug-likeness (QED) is 0.861. The molecule has 1 unspecified atom stereocenters. The summed E-state index contributed by atoms with van der Waals surface area (Å²) in [4.78, 5) is 11.5. The largest absolute Gasteiger partial charge is 0.392 e. The van der Waals surface area contributed by atoms with Crippen LogP contribution in [-0.2, 0) is 4.79 Å². The first-order valence-corrected chi connectivity index (χ1v) is 4.86. The van der Waals surface area contributed by atoms with Crippen LogP contribution in [0.1, 0.15) is 13.3 Å². The highest BCUT2D eigenvalue weighted by Gasteiger charge is 2.43. The van der Waals surface area contributed by atoms with Crippen LogP contribution in [0, 0.1) is 0 Å². The third kappa shape index (κ3) is 4.44. The number of carbonyl (C=O) groups is 1. The zero-order chi connectivity index (χ0) is 13.1. The molecular formula is C11H12F3NO2. The summed E-state index contributed by atoms with van der Waals surface area (Å²) >= 11 is 0. The fourth-order valence-electron chi connectivity index (χ4n) is 1.26. The molecule has 17 heavy (non-hydrogen) atoms. The van der Waals surface area contributed by atoms with Gasteiger partial charge >= 0.3 is 6.18 Å². The minimum Gasteiger partial charge on any atom is -0.380 e. The van der Waals surface area contributed by atoms with Crippen molar-refractivity contribution in [2.24, 2.45) is 0 Å². The molecule has 3 nitrogen and oxygen atoms in total. The lowest BCUT2D eigenvalue weighted by Crippen LogP contribution is -2.43. The van der Waals surface area contributed by atoms with E-state index in [1.54, 1.807) is 18.2 Å². The van der Waals surface area contributed by atoms with Gasteiger partial charge in [0.1, 0.15) is 5.60 Å². The van der Waals surface area contributed by atoms with Gasteiger partial charge < -0.3 is 10.4 Å². The fourth-order valence-corrected chi connectivity index (χ4v) is 1.26. The van der Waals surface area contributed by atoms with Crippen LogP contribution in [0.3, 0.4) is 0 Å². The molecule has 1 aromatic carbocycles. The number of alkyl halides is 3. The number of halogens is 3. The van der Waals surface area contributed by atoms with Crippen molar-refractivity contribution in [3.8, 4) is 0 Å². The molecule has 94 valence electrons. The van der Waals surface area contributed by atoms with Crippen LogP contribution >= 0.6 is 0 Å². The zero-order valence-corrected chi connectivity index (χ0v) is 9.08. The molecule has 6 heteroatoms. The molecule has 0 radical (unpaired) electrons. The summed E-state index contributed by atoms with van der Waals surface area (Å²) in [6.45, 7) is 0.832. The summed E-state index contributed by atoms with van der Waals surface area (Å²) < 4.78 is 36.3. The zero-order valence-electron chi connectivity index (χ0n) is 9.08. The van der Waals surface area contributed by atoms with Gasteiger partial charge in [-0.3, -0.25) is 4.79 Å². The van der Waals surface area contributed by atoms with Crippen molar-refractivity contribution in [2.45, 2.75) is 25.1 Å². The predicted octanol–water partition coefficient (Wildman–Crippen LogP) is 2.33. The minimum absolute atomic E-state index is 0.333. The first kappa shape index (κ1) is 13.5. The fraction of sp³-hybridized carbons (Fsp3) is 0.364. The molecule has 0 bridgehead atoms. The summed E-state index contributed by atoms with van der Waals surface area (Å²) in [5.74, 6) is -1.08. The second-order valence-corrected chi connectivity index (χ2v) is 3.89. The van der Waals surface area contributed by atoms with Gasteiger partial charge in [0, 0.05) is 5.69 Å². The molecule has 0 aliphatic carbocycles. The summed E-state index contributed by atoms with van der Waals surface area (Å²) in [6.07, 6.45) is -6.18. The van der Waals surface area contributed by atoms with Gasteiger partial charge in [-0.25, -0.2) is 0 Å². The highest BCUT2D eigenvalue weighted by atomic mass is 19.4. The van der Waals surface area contributed by atoms with Gasteiger partial charge in [0.15, 0.2) is 0 Å². The summed E-state index contributed by atoms with van der Waals surface area (Å²) in [6, 6.07) is 7.97. The topological polar surface area (TPSA) is 49.3 Å². The Balaban J connectivity index is 2.70. The van der Waals surface area contributed by atoms with Crippen LogP contribution in [0.5, 0.6) is 0 Å². The molecule has 0 heterocycles. The lowest BCUT2D eigenvalue weighted by molar-refractivity contribution is -0.178. The normalized spacial score (nSPS) is 15.1. The van der Waals surface area contributed by atoms with Crippen molar-refractivity contribution in [2.75, 3.05) is 5.32 Å². The second-order valence-electron chi connectivity index (χ2n) is 3.89. The van der Waals surface area contributed by atoms with Gasteiger partial charge in [0.25, 0.3) is 5.91 Å². The molecule has 0 aromatic heterocycles. The third-order valence-electron chi connectivity index (χ3n) is 2.07. The molecule has 0 aliphatic heterocycles. The van der Waals surface area contributed by atoms with Crippen molar-refractivity contribution in [1.29, 1.82) is 0 Å². The van der Waals surface area contributed by atoms with Gasteiger partial charge in [0.2, 0.25) is 0 Å². The van der Waals surface area contributed by atoms with Crippen molar-refractivity contribution in [3.63, 3.8) is 0 Å².